The average Bonchev–Trinajstić information content (AvgIpc) is 2.51. The number of ether oxygens (including phenoxy) is 1. The Hall–Kier alpha value is -2.40. The second kappa shape index (κ2) is 8.62. The summed E-state index contributed by atoms with van der Waals surface area (Å²) >= 11 is 0. The lowest BCUT2D eigenvalue weighted by Crippen LogP contribution is -2.26. The van der Waals surface area contributed by atoms with Crippen molar-refractivity contribution in [1.82, 2.24) is 0 Å². The van der Waals surface area contributed by atoms with Gasteiger partial charge in [0.05, 0.1) is 0 Å². The lowest BCUT2D eigenvalue weighted by molar-refractivity contribution is -0.788. The maximum absolute atomic E-state index is 10.4. The highest BCUT2D eigenvalue weighted by Gasteiger charge is 2.17. The first-order chi connectivity index (χ1) is 11.8. The Bertz CT molecular complexity index is 723. The summed E-state index contributed by atoms with van der Waals surface area (Å²) < 4.78 is 5.59. The molecular weight excluding hydrogens is 372 g/mol. The fourth-order valence-electron chi connectivity index (χ4n) is 2.01. The molecule has 0 aromatic heterocycles. The first-order valence-electron chi connectivity index (χ1n) is 6.92. The molecule has 1 aromatic rings. The Morgan fingerprint density at radius 3 is 2.76 bits per heavy atom. The van der Waals surface area contributed by atoms with Crippen molar-refractivity contribution in [2.45, 2.75) is 17.9 Å². The van der Waals surface area contributed by atoms with Gasteiger partial charge in [-0.05, 0) is 36.8 Å². The Morgan fingerprint density at radius 1 is 1.32 bits per heavy atom. The molecule has 0 aliphatic carbocycles. The van der Waals surface area contributed by atoms with Crippen LogP contribution in [-0.2, 0) is 9.68 Å². The maximum atomic E-state index is 10.4. The van der Waals surface area contributed by atoms with E-state index in [2.05, 4.69) is 16.3 Å². The minimum absolute atomic E-state index is 0.128. The summed E-state index contributed by atoms with van der Waals surface area (Å²) in [7, 11) is 2.60. The maximum Gasteiger partial charge on any atom is 0.294 e. The van der Waals surface area contributed by atoms with Gasteiger partial charge in [0.25, 0.3) is 10.2 Å². The first-order valence-corrected chi connectivity index (χ1v) is 9.24. The third kappa shape index (κ3) is 5.87. The zero-order valence-electron chi connectivity index (χ0n) is 13.1. The van der Waals surface area contributed by atoms with Crippen molar-refractivity contribution in [3.05, 3.63) is 62.4 Å². The van der Waals surface area contributed by atoms with Gasteiger partial charge in [0.15, 0.2) is 0 Å². The monoisotopic (exact) mass is 386 g/mol. The quantitative estimate of drug-likeness (QED) is 0.357. The summed E-state index contributed by atoms with van der Waals surface area (Å²) in [6.45, 7) is 5.23. The van der Waals surface area contributed by atoms with E-state index in [4.69, 9.17) is 4.74 Å². The molecule has 0 N–H and O–H groups in total. The molecule has 1 atom stereocenters. The molecule has 0 bridgehead atoms. The third-order valence-corrected chi connectivity index (χ3v) is 5.42. The largest absolute Gasteiger partial charge is 0.457 e. The number of benzene rings is 1. The van der Waals surface area contributed by atoms with Crippen molar-refractivity contribution in [2.75, 3.05) is 12.4 Å². The van der Waals surface area contributed by atoms with Crippen LogP contribution in [0.15, 0.2) is 41.5 Å². The minimum atomic E-state index is -1.04. The molecular formula is C14H14N2O7S2. The molecule has 0 spiro atoms. The SMILES string of the molecule is C=C1C=C(C)c2ccc(SSCC(CO[N+](=O)[O-])O[N+](=O)[O-])cc2O1. The predicted molar refractivity (Wildman–Crippen MR) is 93.0 cm³/mol. The van der Waals surface area contributed by atoms with Crippen molar-refractivity contribution in [3.63, 3.8) is 0 Å². The Morgan fingerprint density at radius 2 is 2.08 bits per heavy atom. The van der Waals surface area contributed by atoms with Crippen molar-refractivity contribution in [3.8, 4) is 5.75 Å². The highest BCUT2D eigenvalue weighted by atomic mass is 33.1. The van der Waals surface area contributed by atoms with E-state index >= 15 is 0 Å². The van der Waals surface area contributed by atoms with Gasteiger partial charge in [-0.15, -0.1) is 20.2 Å². The van der Waals surface area contributed by atoms with Crippen molar-refractivity contribution < 1.29 is 24.6 Å². The number of fused-ring (bicyclic) bond motifs is 1. The smallest absolute Gasteiger partial charge is 0.294 e. The van der Waals surface area contributed by atoms with E-state index < -0.39 is 22.9 Å². The van der Waals surface area contributed by atoms with Crippen LogP contribution in [-0.4, -0.2) is 28.6 Å². The summed E-state index contributed by atoms with van der Waals surface area (Å²) in [6.07, 6.45) is 0.801. The van der Waals surface area contributed by atoms with Gasteiger partial charge in [0.2, 0.25) is 0 Å². The molecule has 1 aliphatic heterocycles. The second-order valence-electron chi connectivity index (χ2n) is 4.89. The summed E-state index contributed by atoms with van der Waals surface area (Å²) in [5, 5.41) is 18.6. The van der Waals surface area contributed by atoms with E-state index in [1.165, 1.54) is 21.6 Å². The van der Waals surface area contributed by atoms with Crippen LogP contribution in [0.2, 0.25) is 0 Å². The normalized spacial score (nSPS) is 14.0. The van der Waals surface area contributed by atoms with E-state index in [0.717, 1.165) is 16.0 Å². The van der Waals surface area contributed by atoms with Gasteiger partial charge in [-0.25, -0.2) is 0 Å². The van der Waals surface area contributed by atoms with Crippen molar-refractivity contribution in [1.29, 1.82) is 0 Å². The number of hydrogen-bond donors (Lipinski definition) is 0. The summed E-state index contributed by atoms with van der Waals surface area (Å²) in [5.74, 6) is 1.37. The summed E-state index contributed by atoms with van der Waals surface area (Å²) in [5.41, 5.74) is 2.02. The van der Waals surface area contributed by atoms with E-state index in [1.807, 2.05) is 31.2 Å². The van der Waals surface area contributed by atoms with Gasteiger partial charge in [0.1, 0.15) is 24.2 Å². The van der Waals surface area contributed by atoms with E-state index in [9.17, 15) is 20.2 Å². The molecule has 0 saturated heterocycles. The fourth-order valence-corrected chi connectivity index (χ4v) is 4.18. The zero-order chi connectivity index (χ0) is 18.4. The van der Waals surface area contributed by atoms with Crippen LogP contribution in [0, 0.1) is 20.2 Å². The number of rotatable bonds is 9. The van der Waals surface area contributed by atoms with Crippen molar-refractivity contribution in [2.24, 2.45) is 0 Å². The molecule has 2 rings (SSSR count). The zero-order valence-corrected chi connectivity index (χ0v) is 14.7. The Balaban J connectivity index is 1.92. The first kappa shape index (κ1) is 18.9. The molecule has 1 aromatic carbocycles. The molecule has 1 aliphatic rings. The molecule has 25 heavy (non-hydrogen) atoms. The van der Waals surface area contributed by atoms with Crippen molar-refractivity contribution >= 4 is 27.2 Å². The van der Waals surface area contributed by atoms with E-state index in [0.29, 0.717) is 11.5 Å². The third-order valence-electron chi connectivity index (χ3n) is 3.01. The van der Waals surface area contributed by atoms with E-state index in [-0.39, 0.29) is 5.75 Å². The van der Waals surface area contributed by atoms with Gasteiger partial charge in [0, 0.05) is 16.2 Å². The van der Waals surface area contributed by atoms with E-state index in [1.54, 1.807) is 0 Å². The van der Waals surface area contributed by atoms with Crippen LogP contribution in [0.3, 0.4) is 0 Å². The molecule has 0 amide bonds. The molecule has 0 saturated carbocycles. The lowest BCUT2D eigenvalue weighted by Gasteiger charge is -2.18. The standard InChI is InChI=1S/C14H14N2O7S2/c1-9-5-10(2)22-14-6-12(3-4-13(9)14)25-24-8-11(23-16(19)20)7-21-15(17)18/h3-6,11H,2,7-8H2,1H3. The molecule has 0 fully saturated rings. The number of hydrogen-bond acceptors (Lipinski definition) is 9. The lowest BCUT2D eigenvalue weighted by atomic mass is 10.0. The second-order valence-corrected chi connectivity index (χ2v) is 7.31. The van der Waals surface area contributed by atoms with Crippen LogP contribution < -0.4 is 4.74 Å². The van der Waals surface area contributed by atoms with Crippen LogP contribution in [0.4, 0.5) is 0 Å². The van der Waals surface area contributed by atoms with Gasteiger partial charge >= 0.3 is 0 Å². The van der Waals surface area contributed by atoms with Gasteiger partial charge in [-0.2, -0.15) is 0 Å². The molecule has 1 heterocycles. The topological polar surface area (TPSA) is 114 Å². The highest BCUT2D eigenvalue weighted by molar-refractivity contribution is 8.76. The molecule has 0 radical (unpaired) electrons. The van der Waals surface area contributed by atoms with Crippen LogP contribution in [0.25, 0.3) is 5.57 Å². The molecule has 134 valence electrons. The van der Waals surface area contributed by atoms with Crippen LogP contribution in [0.1, 0.15) is 12.5 Å². The average molecular weight is 386 g/mol. The summed E-state index contributed by atoms with van der Waals surface area (Å²) in [4.78, 5) is 30.0. The van der Waals surface area contributed by atoms with Gasteiger partial charge < -0.3 is 14.4 Å². The Kier molecular flexibility index (Phi) is 6.53. The molecule has 11 heteroatoms. The molecule has 9 nitrogen and oxygen atoms in total. The Labute approximate surface area is 150 Å². The van der Waals surface area contributed by atoms with Gasteiger partial charge in [-0.3, -0.25) is 0 Å². The minimum Gasteiger partial charge on any atom is -0.457 e. The predicted octanol–water partition coefficient (Wildman–Crippen LogP) is 3.52. The highest BCUT2D eigenvalue weighted by Crippen LogP contribution is 2.39. The summed E-state index contributed by atoms with van der Waals surface area (Å²) in [6, 6.07) is 5.64. The van der Waals surface area contributed by atoms with Gasteiger partial charge in [-0.1, -0.05) is 28.2 Å². The molecule has 1 unspecified atom stereocenters. The number of allylic oxidation sites excluding steroid dienone is 2. The number of nitrogens with zero attached hydrogens (tertiary/aromatic N) is 2. The van der Waals surface area contributed by atoms with Crippen LogP contribution in [0.5, 0.6) is 5.75 Å². The fraction of sp³-hybridized carbons (Fsp3) is 0.286. The van der Waals surface area contributed by atoms with Crippen LogP contribution >= 0.6 is 21.6 Å².